The van der Waals surface area contributed by atoms with Crippen molar-refractivity contribution in [1.29, 1.82) is 0 Å². The number of aromatic nitrogens is 2. The summed E-state index contributed by atoms with van der Waals surface area (Å²) in [6.07, 6.45) is 3.47. The smallest absolute Gasteiger partial charge is 0.321 e. The number of carbonyl (C=O) groups excluding carboxylic acids is 1. The molecular formula is C12H10N2O3. The van der Waals surface area contributed by atoms with Crippen LogP contribution in [-0.4, -0.2) is 23.4 Å². The van der Waals surface area contributed by atoms with Crippen molar-refractivity contribution in [2.24, 2.45) is 0 Å². The number of hydrogen-bond acceptors (Lipinski definition) is 5. The highest BCUT2D eigenvalue weighted by atomic mass is 16.5. The van der Waals surface area contributed by atoms with Crippen molar-refractivity contribution in [3.05, 3.63) is 42.2 Å². The summed E-state index contributed by atoms with van der Waals surface area (Å²) >= 11 is 0. The number of ether oxygens (including phenoxy) is 2. The number of aldehydes is 1. The fourth-order valence-electron chi connectivity index (χ4n) is 1.21. The van der Waals surface area contributed by atoms with E-state index in [1.807, 2.05) is 6.07 Å². The summed E-state index contributed by atoms with van der Waals surface area (Å²) in [6.45, 7) is 0. The summed E-state index contributed by atoms with van der Waals surface area (Å²) in [5.41, 5.74) is 0.406. The first-order valence-electron chi connectivity index (χ1n) is 4.91. The first-order valence-corrected chi connectivity index (χ1v) is 4.91. The highest BCUT2D eigenvalue weighted by Crippen LogP contribution is 2.22. The molecule has 1 aromatic heterocycles. The molecular weight excluding hydrogens is 220 g/mol. The number of carbonyl (C=O) groups is 1. The maximum Gasteiger partial charge on any atom is 0.321 e. The molecule has 86 valence electrons. The zero-order chi connectivity index (χ0) is 12.1. The third-order valence-electron chi connectivity index (χ3n) is 2.03. The van der Waals surface area contributed by atoms with Crippen LogP contribution >= 0.6 is 0 Å². The van der Waals surface area contributed by atoms with Gasteiger partial charge in [-0.25, -0.2) is 9.97 Å². The molecule has 0 fully saturated rings. The van der Waals surface area contributed by atoms with E-state index in [0.29, 0.717) is 23.3 Å². The Bertz CT molecular complexity index is 511. The molecule has 1 aromatic carbocycles. The van der Waals surface area contributed by atoms with Crippen LogP contribution in [0.4, 0.5) is 0 Å². The molecule has 0 saturated carbocycles. The molecule has 17 heavy (non-hydrogen) atoms. The van der Waals surface area contributed by atoms with Crippen molar-refractivity contribution < 1.29 is 14.3 Å². The monoisotopic (exact) mass is 230 g/mol. The zero-order valence-corrected chi connectivity index (χ0v) is 9.16. The minimum atomic E-state index is 0.184. The highest BCUT2D eigenvalue weighted by Gasteiger charge is 2.01. The van der Waals surface area contributed by atoms with Gasteiger partial charge in [0.25, 0.3) is 0 Å². The van der Waals surface area contributed by atoms with E-state index in [4.69, 9.17) is 9.47 Å². The first-order chi connectivity index (χ1) is 8.31. The van der Waals surface area contributed by atoms with E-state index < -0.39 is 0 Å². The Morgan fingerprint density at radius 1 is 1.18 bits per heavy atom. The van der Waals surface area contributed by atoms with Gasteiger partial charge in [-0.1, -0.05) is 6.07 Å². The first kappa shape index (κ1) is 11.1. The minimum absolute atomic E-state index is 0.184. The number of hydrogen-bond donors (Lipinski definition) is 0. The van der Waals surface area contributed by atoms with Crippen molar-refractivity contribution in [2.45, 2.75) is 0 Å². The number of benzene rings is 1. The molecule has 2 aromatic rings. The second-order valence-electron chi connectivity index (χ2n) is 3.20. The van der Waals surface area contributed by atoms with Gasteiger partial charge in [0.15, 0.2) is 6.29 Å². The fraction of sp³-hybridized carbons (Fsp3) is 0.0833. The molecule has 1 heterocycles. The van der Waals surface area contributed by atoms with Gasteiger partial charge in [-0.05, 0) is 12.1 Å². The van der Waals surface area contributed by atoms with Crippen LogP contribution in [0, 0.1) is 0 Å². The average molecular weight is 230 g/mol. The lowest BCUT2D eigenvalue weighted by atomic mass is 10.3. The predicted octanol–water partition coefficient (Wildman–Crippen LogP) is 2.09. The van der Waals surface area contributed by atoms with Crippen LogP contribution in [-0.2, 0) is 0 Å². The van der Waals surface area contributed by atoms with Crippen LogP contribution in [0.2, 0.25) is 0 Å². The minimum Gasteiger partial charge on any atom is -0.497 e. The van der Waals surface area contributed by atoms with Crippen LogP contribution in [0.15, 0.2) is 36.7 Å². The van der Waals surface area contributed by atoms with Gasteiger partial charge in [-0.2, -0.15) is 0 Å². The molecule has 0 aliphatic rings. The molecule has 0 radical (unpaired) electrons. The van der Waals surface area contributed by atoms with Crippen molar-refractivity contribution >= 4 is 6.29 Å². The van der Waals surface area contributed by atoms with E-state index in [9.17, 15) is 4.79 Å². The SMILES string of the molecule is COc1cccc(Oc2ncc(C=O)cn2)c1. The molecule has 0 aliphatic heterocycles. The van der Waals surface area contributed by atoms with E-state index >= 15 is 0 Å². The van der Waals surface area contributed by atoms with Gasteiger partial charge in [0.2, 0.25) is 0 Å². The van der Waals surface area contributed by atoms with Crippen LogP contribution < -0.4 is 9.47 Å². The van der Waals surface area contributed by atoms with Crippen molar-refractivity contribution in [1.82, 2.24) is 9.97 Å². The third-order valence-corrected chi connectivity index (χ3v) is 2.03. The van der Waals surface area contributed by atoms with E-state index in [-0.39, 0.29) is 6.01 Å². The third kappa shape index (κ3) is 2.78. The predicted molar refractivity (Wildman–Crippen MR) is 60.5 cm³/mol. The summed E-state index contributed by atoms with van der Waals surface area (Å²) in [5, 5.41) is 0. The van der Waals surface area contributed by atoms with Crippen LogP contribution in [0.5, 0.6) is 17.5 Å². The largest absolute Gasteiger partial charge is 0.497 e. The normalized spacial score (nSPS) is 9.71. The van der Waals surface area contributed by atoms with Gasteiger partial charge in [0.1, 0.15) is 11.5 Å². The number of rotatable bonds is 4. The van der Waals surface area contributed by atoms with Gasteiger partial charge >= 0.3 is 6.01 Å². The van der Waals surface area contributed by atoms with Gasteiger partial charge in [0, 0.05) is 18.5 Å². The molecule has 2 rings (SSSR count). The van der Waals surface area contributed by atoms with E-state index in [0.717, 1.165) is 0 Å². The Morgan fingerprint density at radius 3 is 2.53 bits per heavy atom. The van der Waals surface area contributed by atoms with Gasteiger partial charge in [-0.15, -0.1) is 0 Å². The fourth-order valence-corrected chi connectivity index (χ4v) is 1.21. The lowest BCUT2D eigenvalue weighted by molar-refractivity contribution is 0.112. The molecule has 0 bridgehead atoms. The second-order valence-corrected chi connectivity index (χ2v) is 3.20. The summed E-state index contributed by atoms with van der Waals surface area (Å²) in [7, 11) is 1.58. The molecule has 5 nitrogen and oxygen atoms in total. The van der Waals surface area contributed by atoms with Crippen LogP contribution in [0.3, 0.4) is 0 Å². The summed E-state index contributed by atoms with van der Waals surface area (Å²) in [6, 6.07) is 7.28. The molecule has 0 spiro atoms. The number of nitrogens with zero attached hydrogens (tertiary/aromatic N) is 2. The summed E-state index contributed by atoms with van der Waals surface area (Å²) < 4.78 is 10.5. The Morgan fingerprint density at radius 2 is 1.88 bits per heavy atom. The molecule has 5 heteroatoms. The summed E-state index contributed by atoms with van der Waals surface area (Å²) in [4.78, 5) is 18.2. The number of methoxy groups -OCH3 is 1. The second kappa shape index (κ2) is 5.07. The Kier molecular flexibility index (Phi) is 3.30. The zero-order valence-electron chi connectivity index (χ0n) is 9.16. The lowest BCUT2D eigenvalue weighted by Crippen LogP contribution is -1.93. The van der Waals surface area contributed by atoms with E-state index in [2.05, 4.69) is 9.97 Å². The lowest BCUT2D eigenvalue weighted by Gasteiger charge is -2.05. The molecule has 0 amide bonds. The molecule has 0 aliphatic carbocycles. The molecule has 0 N–H and O–H groups in total. The quantitative estimate of drug-likeness (QED) is 0.752. The van der Waals surface area contributed by atoms with Gasteiger partial charge < -0.3 is 9.47 Å². The highest BCUT2D eigenvalue weighted by molar-refractivity contribution is 5.73. The van der Waals surface area contributed by atoms with Crippen LogP contribution in [0.1, 0.15) is 10.4 Å². The maximum absolute atomic E-state index is 10.4. The van der Waals surface area contributed by atoms with Crippen molar-refractivity contribution in [2.75, 3.05) is 7.11 Å². The molecule has 0 unspecified atom stereocenters. The Hall–Kier alpha value is -2.43. The Labute approximate surface area is 98.0 Å². The average Bonchev–Trinajstić information content (AvgIpc) is 2.40. The van der Waals surface area contributed by atoms with E-state index in [1.165, 1.54) is 12.4 Å². The van der Waals surface area contributed by atoms with E-state index in [1.54, 1.807) is 25.3 Å². The molecule has 0 saturated heterocycles. The standard InChI is InChI=1S/C12H10N2O3/c1-16-10-3-2-4-11(5-10)17-12-13-6-9(8-15)7-14-12/h2-8H,1H3. The van der Waals surface area contributed by atoms with Gasteiger partial charge in [-0.3, -0.25) is 4.79 Å². The topological polar surface area (TPSA) is 61.3 Å². The van der Waals surface area contributed by atoms with Gasteiger partial charge in [0.05, 0.1) is 12.7 Å². The Balaban J connectivity index is 2.15. The maximum atomic E-state index is 10.4. The summed E-state index contributed by atoms with van der Waals surface area (Å²) in [5.74, 6) is 1.26. The van der Waals surface area contributed by atoms with Crippen molar-refractivity contribution in [3.8, 4) is 17.5 Å². The molecule has 0 atom stereocenters. The van der Waals surface area contributed by atoms with Crippen molar-refractivity contribution in [3.63, 3.8) is 0 Å². The van der Waals surface area contributed by atoms with Crippen LogP contribution in [0.25, 0.3) is 0 Å².